The summed E-state index contributed by atoms with van der Waals surface area (Å²) < 4.78 is 5.53. The number of methoxy groups -OCH3 is 1. The molecule has 3 amide bonds. The molecule has 1 aliphatic rings. The third kappa shape index (κ3) is 7.25. The van der Waals surface area contributed by atoms with E-state index in [4.69, 9.17) is 16.3 Å². The number of nitrogens with zero attached hydrogens (tertiary/aromatic N) is 2. The van der Waals surface area contributed by atoms with Crippen LogP contribution in [0.2, 0.25) is 5.02 Å². The highest BCUT2D eigenvalue weighted by Gasteiger charge is 2.20. The van der Waals surface area contributed by atoms with Gasteiger partial charge in [-0.05, 0) is 55.9 Å². The molecular formula is C27H32ClN7O3. The molecule has 0 radical (unpaired) electrons. The minimum atomic E-state index is -0.233. The normalized spacial score (nSPS) is 16.7. The lowest BCUT2D eigenvalue weighted by atomic mass is 9.87. The van der Waals surface area contributed by atoms with Gasteiger partial charge in [0, 0.05) is 24.7 Å². The van der Waals surface area contributed by atoms with Crippen molar-refractivity contribution in [3.8, 4) is 5.75 Å². The van der Waals surface area contributed by atoms with Crippen LogP contribution in [0, 0.1) is 5.92 Å². The third-order valence-corrected chi connectivity index (χ3v) is 6.57. The molecule has 1 fully saturated rings. The van der Waals surface area contributed by atoms with Gasteiger partial charge in [0.15, 0.2) is 5.82 Å². The summed E-state index contributed by atoms with van der Waals surface area (Å²) in [6, 6.07) is 12.5. The van der Waals surface area contributed by atoms with E-state index in [0.29, 0.717) is 39.3 Å². The van der Waals surface area contributed by atoms with Crippen LogP contribution in [0.15, 0.2) is 48.7 Å². The summed E-state index contributed by atoms with van der Waals surface area (Å²) in [5, 5.41) is 15.3. The van der Waals surface area contributed by atoms with Crippen molar-refractivity contribution in [1.82, 2.24) is 15.3 Å². The molecule has 1 aromatic heterocycles. The molecule has 1 saturated carbocycles. The maximum Gasteiger partial charge on any atom is 0.319 e. The van der Waals surface area contributed by atoms with Crippen molar-refractivity contribution < 1.29 is 14.3 Å². The molecule has 0 spiro atoms. The average Bonchev–Trinajstić information content (AvgIpc) is 2.89. The smallest absolute Gasteiger partial charge is 0.319 e. The van der Waals surface area contributed by atoms with Crippen LogP contribution in [0.3, 0.4) is 0 Å². The first kappa shape index (κ1) is 27.0. The zero-order valence-corrected chi connectivity index (χ0v) is 22.4. The van der Waals surface area contributed by atoms with Gasteiger partial charge in [-0.3, -0.25) is 4.79 Å². The number of ether oxygens (including phenoxy) is 1. The molecule has 38 heavy (non-hydrogen) atoms. The lowest BCUT2D eigenvalue weighted by Gasteiger charge is -2.27. The maximum atomic E-state index is 12.5. The molecular weight excluding hydrogens is 506 g/mol. The summed E-state index contributed by atoms with van der Waals surface area (Å²) >= 11 is 6.34. The number of aromatic nitrogens is 2. The molecule has 0 saturated heterocycles. The fourth-order valence-corrected chi connectivity index (χ4v) is 4.42. The lowest BCUT2D eigenvalue weighted by Crippen LogP contribution is -2.39. The van der Waals surface area contributed by atoms with Crippen molar-refractivity contribution in [2.24, 2.45) is 5.92 Å². The van der Waals surface area contributed by atoms with Crippen LogP contribution in [-0.2, 0) is 4.79 Å². The third-order valence-electron chi connectivity index (χ3n) is 6.29. The van der Waals surface area contributed by atoms with Crippen LogP contribution in [0.25, 0.3) is 0 Å². The maximum absolute atomic E-state index is 12.5. The highest BCUT2D eigenvalue weighted by molar-refractivity contribution is 6.33. The molecule has 3 aromatic rings. The Bertz CT molecular complexity index is 1300. The molecule has 1 aliphatic carbocycles. The van der Waals surface area contributed by atoms with E-state index >= 15 is 0 Å². The molecule has 0 bridgehead atoms. The van der Waals surface area contributed by atoms with E-state index in [1.807, 2.05) is 12.1 Å². The first-order valence-electron chi connectivity index (χ1n) is 12.5. The molecule has 200 valence electrons. The van der Waals surface area contributed by atoms with Gasteiger partial charge in [0.1, 0.15) is 10.8 Å². The average molecular weight is 538 g/mol. The van der Waals surface area contributed by atoms with Gasteiger partial charge in [-0.2, -0.15) is 4.98 Å². The quantitative estimate of drug-likeness (QED) is 0.228. The van der Waals surface area contributed by atoms with E-state index in [1.54, 1.807) is 37.4 Å². The first-order valence-corrected chi connectivity index (χ1v) is 12.9. The minimum absolute atomic E-state index is 0.193. The van der Waals surface area contributed by atoms with E-state index in [2.05, 4.69) is 43.5 Å². The van der Waals surface area contributed by atoms with Gasteiger partial charge in [-0.15, -0.1) is 0 Å². The van der Waals surface area contributed by atoms with Crippen molar-refractivity contribution in [3.63, 3.8) is 0 Å². The Hall–Kier alpha value is -4.05. The Morgan fingerprint density at radius 2 is 1.71 bits per heavy atom. The zero-order valence-electron chi connectivity index (χ0n) is 21.6. The molecule has 10 nitrogen and oxygen atoms in total. The molecule has 11 heteroatoms. The summed E-state index contributed by atoms with van der Waals surface area (Å²) in [6.45, 7) is 3.69. The number of urea groups is 1. The number of hydrogen-bond acceptors (Lipinski definition) is 7. The van der Waals surface area contributed by atoms with E-state index in [1.165, 1.54) is 13.1 Å². The van der Waals surface area contributed by atoms with Crippen molar-refractivity contribution in [2.45, 2.75) is 45.6 Å². The topological polar surface area (TPSA) is 129 Å². The van der Waals surface area contributed by atoms with Crippen LogP contribution in [0.1, 0.15) is 39.5 Å². The minimum Gasteiger partial charge on any atom is -0.494 e. The fourth-order valence-electron chi connectivity index (χ4n) is 4.28. The number of carbonyl (C=O) groups is 2. The van der Waals surface area contributed by atoms with Gasteiger partial charge < -0.3 is 31.3 Å². The Balaban J connectivity index is 1.44. The Morgan fingerprint density at radius 1 is 0.974 bits per heavy atom. The van der Waals surface area contributed by atoms with Crippen LogP contribution in [-0.4, -0.2) is 35.1 Å². The number of nitrogens with one attached hydrogen (secondary N) is 5. The second kappa shape index (κ2) is 12.5. The fraction of sp³-hybridized carbons (Fsp3) is 0.333. The first-order chi connectivity index (χ1) is 18.3. The van der Waals surface area contributed by atoms with Gasteiger partial charge in [0.25, 0.3) is 0 Å². The van der Waals surface area contributed by atoms with Gasteiger partial charge in [-0.1, -0.05) is 30.7 Å². The van der Waals surface area contributed by atoms with E-state index in [-0.39, 0.29) is 23.9 Å². The van der Waals surface area contributed by atoms with E-state index in [0.717, 1.165) is 31.6 Å². The highest BCUT2D eigenvalue weighted by atomic mass is 35.5. The number of rotatable bonds is 8. The van der Waals surface area contributed by atoms with Crippen LogP contribution in [0.4, 0.5) is 39.3 Å². The van der Waals surface area contributed by atoms with Crippen LogP contribution < -0.4 is 31.3 Å². The van der Waals surface area contributed by atoms with Crippen LogP contribution >= 0.6 is 11.6 Å². The van der Waals surface area contributed by atoms with Crippen LogP contribution in [0.5, 0.6) is 5.75 Å². The zero-order chi connectivity index (χ0) is 27.1. The molecule has 4 rings (SSSR count). The largest absolute Gasteiger partial charge is 0.494 e. The predicted octanol–water partition coefficient (Wildman–Crippen LogP) is 6.28. The summed E-state index contributed by atoms with van der Waals surface area (Å²) in [5.74, 6) is 1.65. The lowest BCUT2D eigenvalue weighted by molar-refractivity contribution is -0.114. The summed E-state index contributed by atoms with van der Waals surface area (Å²) in [4.78, 5) is 32.8. The highest BCUT2D eigenvalue weighted by Crippen LogP contribution is 2.32. The molecule has 1 heterocycles. The Labute approximate surface area is 226 Å². The standard InChI is InChI=1S/C27H32ClN7O3/c1-16-8-10-18(11-9-16)31-27(37)32-19-12-13-23(24(14-19)38-3)34-26-29-15-20(28)25(35-26)33-22-7-5-4-6-21(22)30-17(2)36/h4-7,12-16,18H,8-11H2,1-3H3,(H,30,36)(H2,31,32,37)(H2,29,33,34,35). The number of para-hydroxylation sites is 2. The Morgan fingerprint density at radius 3 is 2.42 bits per heavy atom. The molecule has 0 aliphatic heterocycles. The monoisotopic (exact) mass is 537 g/mol. The number of halogens is 1. The van der Waals surface area contributed by atoms with Crippen molar-refractivity contribution >= 4 is 58.1 Å². The van der Waals surface area contributed by atoms with Gasteiger partial charge in [-0.25, -0.2) is 9.78 Å². The molecule has 0 atom stereocenters. The van der Waals surface area contributed by atoms with Gasteiger partial charge in [0.05, 0.1) is 30.4 Å². The van der Waals surface area contributed by atoms with Crippen molar-refractivity contribution in [3.05, 3.63) is 53.7 Å². The van der Waals surface area contributed by atoms with Crippen molar-refractivity contribution in [1.29, 1.82) is 0 Å². The second-order valence-corrected chi connectivity index (χ2v) is 9.74. The number of carbonyl (C=O) groups excluding carboxylic acids is 2. The summed E-state index contributed by atoms with van der Waals surface area (Å²) in [6.07, 6.45) is 5.73. The molecule has 0 unspecified atom stereocenters. The number of amides is 3. The molecule has 5 N–H and O–H groups in total. The Kier molecular flexibility index (Phi) is 8.85. The number of benzene rings is 2. The SMILES string of the molecule is COc1cc(NC(=O)NC2CCC(C)CC2)ccc1Nc1ncc(Cl)c(Nc2ccccc2NC(C)=O)n1. The predicted molar refractivity (Wildman–Crippen MR) is 151 cm³/mol. The van der Waals surface area contributed by atoms with E-state index < -0.39 is 0 Å². The number of hydrogen-bond donors (Lipinski definition) is 5. The van der Waals surface area contributed by atoms with Gasteiger partial charge in [0.2, 0.25) is 11.9 Å². The number of anilines is 6. The van der Waals surface area contributed by atoms with Gasteiger partial charge >= 0.3 is 6.03 Å². The second-order valence-electron chi connectivity index (χ2n) is 9.34. The van der Waals surface area contributed by atoms with E-state index in [9.17, 15) is 9.59 Å². The van der Waals surface area contributed by atoms with Crippen molar-refractivity contribution in [2.75, 3.05) is 28.4 Å². The summed E-state index contributed by atoms with van der Waals surface area (Å²) in [7, 11) is 1.54. The molecule has 2 aromatic carbocycles. The summed E-state index contributed by atoms with van der Waals surface area (Å²) in [5.41, 5.74) is 2.42.